The van der Waals surface area contributed by atoms with Gasteiger partial charge < -0.3 is 18.9 Å². The lowest BCUT2D eigenvalue weighted by Gasteiger charge is -2.13. The van der Waals surface area contributed by atoms with Crippen molar-refractivity contribution in [3.63, 3.8) is 0 Å². The molecule has 0 saturated carbocycles. The number of hydrogen-bond acceptors (Lipinski definition) is 6. The van der Waals surface area contributed by atoms with Gasteiger partial charge in [0.15, 0.2) is 17.3 Å². The summed E-state index contributed by atoms with van der Waals surface area (Å²) < 4.78 is 20.3. The van der Waals surface area contributed by atoms with Crippen molar-refractivity contribution in [2.45, 2.75) is 13.3 Å². The van der Waals surface area contributed by atoms with Crippen molar-refractivity contribution in [2.24, 2.45) is 0 Å². The number of ether oxygens (including phenoxy) is 4. The van der Waals surface area contributed by atoms with Gasteiger partial charge in [-0.2, -0.15) is 0 Å². The average Bonchev–Trinajstić information content (AvgIpc) is 2.44. The van der Waals surface area contributed by atoms with E-state index in [0.717, 1.165) is 0 Å². The van der Waals surface area contributed by atoms with Gasteiger partial charge >= 0.3 is 5.97 Å². The van der Waals surface area contributed by atoms with Gasteiger partial charge in [-0.15, -0.1) is 0 Å². The molecule has 6 heteroatoms. The zero-order valence-electron chi connectivity index (χ0n) is 11.8. The fraction of sp³-hybridized carbons (Fsp3) is 0.429. The number of carbonyl (C=O) groups is 2. The van der Waals surface area contributed by atoms with Gasteiger partial charge in [-0.05, 0) is 19.1 Å². The molecule has 1 rings (SSSR count). The molecule has 0 aliphatic carbocycles. The Labute approximate surface area is 117 Å². The summed E-state index contributed by atoms with van der Waals surface area (Å²) in [7, 11) is 2.98. The van der Waals surface area contributed by atoms with Gasteiger partial charge in [0.25, 0.3) is 0 Å². The van der Waals surface area contributed by atoms with Gasteiger partial charge in [-0.1, -0.05) is 6.07 Å². The summed E-state index contributed by atoms with van der Waals surface area (Å²) in [5.74, 6) is 0.292. The first kappa shape index (κ1) is 15.8. The molecule has 110 valence electrons. The fourth-order valence-corrected chi connectivity index (χ4v) is 1.54. The highest BCUT2D eigenvalue weighted by Gasteiger charge is 2.15. The van der Waals surface area contributed by atoms with Crippen LogP contribution in [0.15, 0.2) is 18.2 Å². The second-order valence-electron chi connectivity index (χ2n) is 3.80. The van der Waals surface area contributed by atoms with E-state index in [1.54, 1.807) is 25.1 Å². The minimum atomic E-state index is -0.562. The number of hydrogen-bond donors (Lipinski definition) is 0. The highest BCUT2D eigenvalue weighted by atomic mass is 16.5. The number of methoxy groups -OCH3 is 2. The van der Waals surface area contributed by atoms with E-state index in [9.17, 15) is 9.59 Å². The van der Waals surface area contributed by atoms with Crippen LogP contribution in [-0.4, -0.2) is 39.2 Å². The lowest BCUT2D eigenvalue weighted by molar-refractivity contribution is -0.145. The first-order valence-electron chi connectivity index (χ1n) is 6.13. The summed E-state index contributed by atoms with van der Waals surface area (Å²) in [4.78, 5) is 22.8. The van der Waals surface area contributed by atoms with Crippen LogP contribution >= 0.6 is 0 Å². The third-order valence-corrected chi connectivity index (χ3v) is 2.41. The van der Waals surface area contributed by atoms with Crippen molar-refractivity contribution in [3.05, 3.63) is 18.2 Å². The molecule has 0 unspecified atom stereocenters. The molecule has 1 aromatic carbocycles. The first-order valence-corrected chi connectivity index (χ1v) is 6.13. The number of para-hydroxylation sites is 1. The Bertz CT molecular complexity index is 446. The van der Waals surface area contributed by atoms with Crippen LogP contribution in [0.3, 0.4) is 0 Å². The number of Topliss-reactive ketones (excluding diaryl/α,β-unsaturated/α-hetero) is 1. The summed E-state index contributed by atoms with van der Waals surface area (Å²) in [5, 5.41) is 0. The van der Waals surface area contributed by atoms with Crippen molar-refractivity contribution >= 4 is 11.8 Å². The standard InChI is InChI=1S/C14H18O6/c1-4-19-13(16)8-10(15)9-20-14-11(17-2)6-5-7-12(14)18-3/h5-7H,4,8-9H2,1-3H3. The summed E-state index contributed by atoms with van der Waals surface area (Å²) >= 11 is 0. The zero-order valence-corrected chi connectivity index (χ0v) is 11.8. The summed E-state index contributed by atoms with van der Waals surface area (Å²) in [6.45, 7) is 1.67. The largest absolute Gasteiger partial charge is 0.493 e. The maximum atomic E-state index is 11.6. The van der Waals surface area contributed by atoms with Crippen LogP contribution in [-0.2, 0) is 14.3 Å². The van der Waals surface area contributed by atoms with Crippen LogP contribution in [0.5, 0.6) is 17.2 Å². The number of carbonyl (C=O) groups excluding carboxylic acids is 2. The smallest absolute Gasteiger partial charge is 0.313 e. The Hall–Kier alpha value is -2.24. The van der Waals surface area contributed by atoms with Crippen LogP contribution in [0, 0.1) is 0 Å². The van der Waals surface area contributed by atoms with Crippen molar-refractivity contribution in [1.29, 1.82) is 0 Å². The molecule has 20 heavy (non-hydrogen) atoms. The van der Waals surface area contributed by atoms with E-state index < -0.39 is 5.97 Å². The molecule has 0 N–H and O–H groups in total. The van der Waals surface area contributed by atoms with E-state index in [2.05, 4.69) is 4.74 Å². The SMILES string of the molecule is CCOC(=O)CC(=O)COc1c(OC)cccc1OC. The molecular weight excluding hydrogens is 264 g/mol. The molecule has 0 bridgehead atoms. The van der Waals surface area contributed by atoms with Crippen molar-refractivity contribution in [1.82, 2.24) is 0 Å². The van der Waals surface area contributed by atoms with Crippen LogP contribution < -0.4 is 14.2 Å². The third kappa shape index (κ3) is 4.46. The van der Waals surface area contributed by atoms with E-state index in [0.29, 0.717) is 17.2 Å². The van der Waals surface area contributed by atoms with Gasteiger partial charge in [0, 0.05) is 0 Å². The average molecular weight is 282 g/mol. The van der Waals surface area contributed by atoms with Crippen molar-refractivity contribution in [3.8, 4) is 17.2 Å². The maximum Gasteiger partial charge on any atom is 0.313 e. The highest BCUT2D eigenvalue weighted by Crippen LogP contribution is 2.36. The van der Waals surface area contributed by atoms with E-state index >= 15 is 0 Å². The lowest BCUT2D eigenvalue weighted by Crippen LogP contribution is -2.17. The van der Waals surface area contributed by atoms with Crippen molar-refractivity contribution in [2.75, 3.05) is 27.4 Å². The molecule has 0 radical (unpaired) electrons. The third-order valence-electron chi connectivity index (χ3n) is 2.41. The quantitative estimate of drug-likeness (QED) is 0.533. The molecule has 0 aromatic heterocycles. The Balaban J connectivity index is 2.65. The van der Waals surface area contributed by atoms with E-state index in [1.165, 1.54) is 14.2 Å². The molecule has 0 spiro atoms. The van der Waals surface area contributed by atoms with Gasteiger partial charge in [-0.25, -0.2) is 0 Å². The Kier molecular flexibility index (Phi) is 6.36. The van der Waals surface area contributed by atoms with E-state index in [1.807, 2.05) is 0 Å². The summed E-state index contributed by atoms with van der Waals surface area (Å²) in [6, 6.07) is 5.12. The van der Waals surface area contributed by atoms with Crippen LogP contribution in [0.1, 0.15) is 13.3 Å². The zero-order chi connectivity index (χ0) is 15.0. The number of rotatable bonds is 8. The van der Waals surface area contributed by atoms with Gasteiger partial charge in [0.1, 0.15) is 13.0 Å². The van der Waals surface area contributed by atoms with Gasteiger partial charge in [0.05, 0.1) is 20.8 Å². The van der Waals surface area contributed by atoms with Crippen molar-refractivity contribution < 1.29 is 28.5 Å². The topological polar surface area (TPSA) is 71.1 Å². The predicted molar refractivity (Wildman–Crippen MR) is 71.3 cm³/mol. The Morgan fingerprint density at radius 3 is 2.20 bits per heavy atom. The second-order valence-corrected chi connectivity index (χ2v) is 3.80. The Morgan fingerprint density at radius 1 is 1.10 bits per heavy atom. The molecule has 0 aliphatic heterocycles. The van der Waals surface area contributed by atoms with E-state index in [-0.39, 0.29) is 25.4 Å². The minimum absolute atomic E-state index is 0.243. The fourth-order valence-electron chi connectivity index (χ4n) is 1.54. The summed E-state index contributed by atoms with van der Waals surface area (Å²) in [5.41, 5.74) is 0. The predicted octanol–water partition coefficient (Wildman–Crippen LogP) is 1.60. The van der Waals surface area contributed by atoms with Crippen LogP contribution in [0.2, 0.25) is 0 Å². The molecular formula is C14H18O6. The number of benzene rings is 1. The molecule has 0 heterocycles. The monoisotopic (exact) mass is 282 g/mol. The molecule has 0 amide bonds. The normalized spacial score (nSPS) is 9.75. The molecule has 0 saturated heterocycles. The Morgan fingerprint density at radius 2 is 1.70 bits per heavy atom. The first-order chi connectivity index (χ1) is 9.62. The van der Waals surface area contributed by atoms with Gasteiger partial charge in [-0.3, -0.25) is 9.59 Å². The minimum Gasteiger partial charge on any atom is -0.493 e. The van der Waals surface area contributed by atoms with E-state index in [4.69, 9.17) is 14.2 Å². The highest BCUT2D eigenvalue weighted by molar-refractivity contribution is 5.96. The summed E-state index contributed by atoms with van der Waals surface area (Å²) in [6.07, 6.45) is -0.314. The van der Waals surface area contributed by atoms with Gasteiger partial charge in [0.2, 0.25) is 5.75 Å². The lowest BCUT2D eigenvalue weighted by atomic mass is 10.2. The number of esters is 1. The molecule has 1 aromatic rings. The molecule has 0 fully saturated rings. The molecule has 0 aliphatic rings. The second kappa shape index (κ2) is 8.04. The maximum absolute atomic E-state index is 11.6. The number of ketones is 1. The van der Waals surface area contributed by atoms with Crippen LogP contribution in [0.25, 0.3) is 0 Å². The van der Waals surface area contributed by atoms with Crippen LogP contribution in [0.4, 0.5) is 0 Å². The molecule has 0 atom stereocenters. The molecule has 6 nitrogen and oxygen atoms in total.